The molecule has 1 unspecified atom stereocenters. The summed E-state index contributed by atoms with van der Waals surface area (Å²) in [6, 6.07) is 6.79. The lowest BCUT2D eigenvalue weighted by atomic mass is 10.2. The Morgan fingerprint density at radius 3 is 2.81 bits per heavy atom. The molecule has 5 heteroatoms. The Morgan fingerprint density at radius 1 is 1.50 bits per heavy atom. The maximum Gasteiger partial charge on any atom is 0.255 e. The molecule has 1 atom stereocenters. The van der Waals surface area contributed by atoms with E-state index < -0.39 is 6.10 Å². The van der Waals surface area contributed by atoms with Crippen LogP contribution in [0.3, 0.4) is 0 Å². The molecule has 1 rings (SSSR count). The highest BCUT2D eigenvalue weighted by molar-refractivity contribution is 5.96. The number of carbonyl (C=O) groups is 1. The summed E-state index contributed by atoms with van der Waals surface area (Å²) in [4.78, 5) is 11.7. The molecule has 0 spiro atoms. The van der Waals surface area contributed by atoms with Crippen molar-refractivity contribution in [2.24, 2.45) is 0 Å². The largest absolute Gasteiger partial charge is 0.496 e. The number of rotatable bonds is 5. The molecule has 3 N–H and O–H groups in total. The molecule has 0 aliphatic carbocycles. The zero-order valence-electron chi connectivity index (χ0n) is 9.01. The number of amides is 1. The Morgan fingerprint density at radius 2 is 2.19 bits per heavy atom. The number of hydrogen-bond donors (Lipinski definition) is 3. The Kier molecular flexibility index (Phi) is 4.75. The maximum atomic E-state index is 11.7. The minimum Gasteiger partial charge on any atom is -0.496 e. The van der Waals surface area contributed by atoms with Gasteiger partial charge in [-0.2, -0.15) is 0 Å². The van der Waals surface area contributed by atoms with Crippen LogP contribution < -0.4 is 10.1 Å². The molecule has 16 heavy (non-hydrogen) atoms. The van der Waals surface area contributed by atoms with Crippen LogP contribution in [0.15, 0.2) is 24.3 Å². The number of ether oxygens (including phenoxy) is 1. The monoisotopic (exact) mass is 225 g/mol. The highest BCUT2D eigenvalue weighted by Crippen LogP contribution is 2.16. The van der Waals surface area contributed by atoms with Gasteiger partial charge in [0, 0.05) is 6.54 Å². The summed E-state index contributed by atoms with van der Waals surface area (Å²) in [6.07, 6.45) is -0.946. The quantitative estimate of drug-likeness (QED) is 0.647. The van der Waals surface area contributed by atoms with Crippen LogP contribution in [-0.4, -0.2) is 42.5 Å². The van der Waals surface area contributed by atoms with Crippen LogP contribution in [0.2, 0.25) is 0 Å². The van der Waals surface area contributed by atoms with Gasteiger partial charge in [0.15, 0.2) is 0 Å². The third-order valence-electron chi connectivity index (χ3n) is 2.06. The highest BCUT2D eigenvalue weighted by Gasteiger charge is 2.12. The fourth-order valence-corrected chi connectivity index (χ4v) is 1.20. The van der Waals surface area contributed by atoms with Crippen LogP contribution in [-0.2, 0) is 0 Å². The summed E-state index contributed by atoms with van der Waals surface area (Å²) in [5.74, 6) is 0.128. The molecule has 0 aliphatic heterocycles. The van der Waals surface area contributed by atoms with Gasteiger partial charge in [0.05, 0.1) is 25.4 Å². The molecule has 0 radical (unpaired) electrons. The molecule has 1 aromatic carbocycles. The first-order chi connectivity index (χ1) is 7.69. The van der Waals surface area contributed by atoms with E-state index in [9.17, 15) is 4.79 Å². The zero-order valence-corrected chi connectivity index (χ0v) is 9.01. The Labute approximate surface area is 93.7 Å². The molecule has 88 valence electrons. The van der Waals surface area contributed by atoms with Gasteiger partial charge < -0.3 is 20.3 Å². The van der Waals surface area contributed by atoms with E-state index in [0.29, 0.717) is 11.3 Å². The minimum absolute atomic E-state index is 0.00732. The molecule has 0 saturated heterocycles. The van der Waals surface area contributed by atoms with E-state index in [-0.39, 0.29) is 19.1 Å². The van der Waals surface area contributed by atoms with Gasteiger partial charge in [0.1, 0.15) is 5.75 Å². The molecule has 0 aromatic heterocycles. The summed E-state index contributed by atoms with van der Waals surface area (Å²) in [5, 5.41) is 20.2. The van der Waals surface area contributed by atoms with E-state index in [0.717, 1.165) is 0 Å². The van der Waals surface area contributed by atoms with Gasteiger partial charge in [-0.05, 0) is 12.1 Å². The van der Waals surface area contributed by atoms with Crippen molar-refractivity contribution in [1.29, 1.82) is 0 Å². The van der Waals surface area contributed by atoms with E-state index in [1.807, 2.05) is 0 Å². The molecule has 1 aromatic rings. The summed E-state index contributed by atoms with van der Waals surface area (Å²) >= 11 is 0. The second-order valence-corrected chi connectivity index (χ2v) is 3.25. The molecular formula is C11H15NO4. The van der Waals surface area contributed by atoms with E-state index in [1.165, 1.54) is 7.11 Å². The average Bonchev–Trinajstić information content (AvgIpc) is 2.35. The van der Waals surface area contributed by atoms with Crippen molar-refractivity contribution in [3.8, 4) is 5.75 Å². The lowest BCUT2D eigenvalue weighted by Crippen LogP contribution is -2.34. The van der Waals surface area contributed by atoms with E-state index >= 15 is 0 Å². The number of para-hydroxylation sites is 1. The Balaban J connectivity index is 2.65. The third kappa shape index (κ3) is 3.22. The zero-order chi connectivity index (χ0) is 12.0. The second kappa shape index (κ2) is 6.09. The van der Waals surface area contributed by atoms with Crippen molar-refractivity contribution in [3.05, 3.63) is 29.8 Å². The molecule has 0 aliphatic rings. The average molecular weight is 225 g/mol. The smallest absolute Gasteiger partial charge is 0.255 e. The van der Waals surface area contributed by atoms with Crippen LogP contribution >= 0.6 is 0 Å². The number of hydrogen-bond acceptors (Lipinski definition) is 4. The topological polar surface area (TPSA) is 78.8 Å². The standard InChI is InChI=1S/C11H15NO4/c1-16-10-5-3-2-4-9(10)11(15)12-6-8(14)7-13/h2-5,8,13-14H,6-7H2,1H3,(H,12,15). The lowest BCUT2D eigenvalue weighted by molar-refractivity contribution is 0.0800. The lowest BCUT2D eigenvalue weighted by Gasteiger charge is -2.11. The molecule has 0 saturated carbocycles. The first kappa shape index (κ1) is 12.5. The number of methoxy groups -OCH3 is 1. The van der Waals surface area contributed by atoms with E-state index in [2.05, 4.69) is 5.32 Å². The number of aliphatic hydroxyl groups excluding tert-OH is 2. The van der Waals surface area contributed by atoms with Crippen molar-refractivity contribution in [2.75, 3.05) is 20.3 Å². The summed E-state index contributed by atoms with van der Waals surface area (Å²) < 4.78 is 5.03. The molecule has 0 bridgehead atoms. The van der Waals surface area contributed by atoms with Gasteiger partial charge in [0.25, 0.3) is 5.91 Å². The van der Waals surface area contributed by atoms with Crippen LogP contribution in [0.25, 0.3) is 0 Å². The first-order valence-corrected chi connectivity index (χ1v) is 4.89. The normalized spacial score (nSPS) is 11.9. The molecule has 1 amide bonds. The van der Waals surface area contributed by atoms with Gasteiger partial charge in [-0.15, -0.1) is 0 Å². The van der Waals surface area contributed by atoms with Gasteiger partial charge >= 0.3 is 0 Å². The molecule has 0 fully saturated rings. The fraction of sp³-hybridized carbons (Fsp3) is 0.364. The molecule has 0 heterocycles. The number of benzene rings is 1. The second-order valence-electron chi connectivity index (χ2n) is 3.25. The van der Waals surface area contributed by atoms with Crippen LogP contribution in [0.1, 0.15) is 10.4 Å². The van der Waals surface area contributed by atoms with E-state index in [4.69, 9.17) is 14.9 Å². The van der Waals surface area contributed by atoms with Crippen molar-refractivity contribution in [3.63, 3.8) is 0 Å². The number of nitrogens with one attached hydrogen (secondary N) is 1. The number of carbonyl (C=O) groups excluding carboxylic acids is 1. The van der Waals surface area contributed by atoms with Crippen molar-refractivity contribution >= 4 is 5.91 Å². The maximum absolute atomic E-state index is 11.7. The first-order valence-electron chi connectivity index (χ1n) is 4.89. The van der Waals surface area contributed by atoms with Crippen molar-refractivity contribution < 1.29 is 19.7 Å². The predicted octanol–water partition coefficient (Wildman–Crippen LogP) is -0.222. The molecular weight excluding hydrogens is 210 g/mol. The Bertz CT molecular complexity index is 354. The highest BCUT2D eigenvalue weighted by atomic mass is 16.5. The van der Waals surface area contributed by atoms with E-state index in [1.54, 1.807) is 24.3 Å². The van der Waals surface area contributed by atoms with Crippen LogP contribution in [0, 0.1) is 0 Å². The van der Waals surface area contributed by atoms with Gasteiger partial charge in [-0.3, -0.25) is 4.79 Å². The van der Waals surface area contributed by atoms with Crippen LogP contribution in [0.5, 0.6) is 5.75 Å². The van der Waals surface area contributed by atoms with Crippen LogP contribution in [0.4, 0.5) is 0 Å². The summed E-state index contributed by atoms with van der Waals surface area (Å²) in [5.41, 5.74) is 0.398. The van der Waals surface area contributed by atoms with Gasteiger partial charge in [-0.25, -0.2) is 0 Å². The summed E-state index contributed by atoms with van der Waals surface area (Å²) in [6.45, 7) is -0.375. The SMILES string of the molecule is COc1ccccc1C(=O)NCC(O)CO. The molecule has 5 nitrogen and oxygen atoms in total. The van der Waals surface area contributed by atoms with Gasteiger partial charge in [0.2, 0.25) is 0 Å². The van der Waals surface area contributed by atoms with Crippen molar-refractivity contribution in [2.45, 2.75) is 6.10 Å². The predicted molar refractivity (Wildman–Crippen MR) is 58.4 cm³/mol. The van der Waals surface area contributed by atoms with Crippen molar-refractivity contribution in [1.82, 2.24) is 5.32 Å². The third-order valence-corrected chi connectivity index (χ3v) is 2.06. The Hall–Kier alpha value is -1.59. The summed E-state index contributed by atoms with van der Waals surface area (Å²) in [7, 11) is 1.48. The fourth-order valence-electron chi connectivity index (χ4n) is 1.20. The van der Waals surface area contributed by atoms with Gasteiger partial charge in [-0.1, -0.05) is 12.1 Å². The minimum atomic E-state index is -0.946. The number of aliphatic hydroxyl groups is 2.